The van der Waals surface area contributed by atoms with Gasteiger partial charge in [0.15, 0.2) is 0 Å². The van der Waals surface area contributed by atoms with Gasteiger partial charge >= 0.3 is 0 Å². The molecule has 4 N–H and O–H groups in total. The average molecular weight is 167 g/mol. The third-order valence-corrected chi connectivity index (χ3v) is 1.83. The summed E-state index contributed by atoms with van der Waals surface area (Å²) >= 11 is 0. The van der Waals surface area contributed by atoms with E-state index in [-0.39, 0.29) is 12.3 Å². The standard InChI is InChI=1S/C9H13NO2/c1-6-4-7(9(12)5-10)2-3-8(6)11/h2-4,9,11-12H,5,10H2,1H3/t9-/m0/s1. The average Bonchev–Trinajstić information content (AvgIpc) is 2.08. The lowest BCUT2D eigenvalue weighted by Gasteiger charge is -2.09. The minimum Gasteiger partial charge on any atom is -0.508 e. The maximum absolute atomic E-state index is 9.34. The SMILES string of the molecule is Cc1cc([C@@H](O)CN)ccc1O. The predicted molar refractivity (Wildman–Crippen MR) is 46.9 cm³/mol. The van der Waals surface area contributed by atoms with Gasteiger partial charge in [-0.3, -0.25) is 0 Å². The molecule has 1 aromatic carbocycles. The molecule has 66 valence electrons. The molecule has 0 aromatic heterocycles. The third kappa shape index (κ3) is 1.75. The first-order chi connectivity index (χ1) is 5.65. The van der Waals surface area contributed by atoms with E-state index in [1.165, 1.54) is 0 Å². The van der Waals surface area contributed by atoms with E-state index in [4.69, 9.17) is 5.73 Å². The van der Waals surface area contributed by atoms with E-state index in [0.717, 1.165) is 11.1 Å². The Kier molecular flexibility index (Phi) is 2.68. The molecule has 0 unspecified atom stereocenters. The maximum Gasteiger partial charge on any atom is 0.118 e. The smallest absolute Gasteiger partial charge is 0.118 e. The second-order valence-corrected chi connectivity index (χ2v) is 2.80. The fourth-order valence-electron chi connectivity index (χ4n) is 1.02. The highest BCUT2D eigenvalue weighted by Gasteiger charge is 2.05. The monoisotopic (exact) mass is 167 g/mol. The number of hydrogen-bond donors (Lipinski definition) is 3. The Labute approximate surface area is 71.5 Å². The Bertz CT molecular complexity index is 273. The molecule has 0 aliphatic rings. The lowest BCUT2D eigenvalue weighted by Crippen LogP contribution is -2.11. The Morgan fingerprint density at radius 3 is 2.67 bits per heavy atom. The van der Waals surface area contributed by atoms with E-state index in [1.54, 1.807) is 25.1 Å². The molecule has 0 heterocycles. The molecular formula is C9H13NO2. The van der Waals surface area contributed by atoms with Gasteiger partial charge in [-0.2, -0.15) is 0 Å². The van der Waals surface area contributed by atoms with Gasteiger partial charge in [0.05, 0.1) is 6.10 Å². The Morgan fingerprint density at radius 1 is 1.50 bits per heavy atom. The van der Waals surface area contributed by atoms with Crippen molar-refractivity contribution in [3.05, 3.63) is 29.3 Å². The third-order valence-electron chi connectivity index (χ3n) is 1.83. The van der Waals surface area contributed by atoms with Crippen molar-refractivity contribution in [2.75, 3.05) is 6.54 Å². The number of nitrogens with two attached hydrogens (primary N) is 1. The Morgan fingerprint density at radius 2 is 2.17 bits per heavy atom. The number of phenols is 1. The molecule has 0 amide bonds. The van der Waals surface area contributed by atoms with Crippen molar-refractivity contribution < 1.29 is 10.2 Å². The number of benzene rings is 1. The molecule has 0 spiro atoms. The minimum atomic E-state index is -0.635. The molecule has 0 aliphatic carbocycles. The van der Waals surface area contributed by atoms with Gasteiger partial charge in [-0.05, 0) is 30.2 Å². The summed E-state index contributed by atoms with van der Waals surface area (Å²) in [5.74, 6) is 0.239. The van der Waals surface area contributed by atoms with Crippen molar-refractivity contribution in [2.45, 2.75) is 13.0 Å². The van der Waals surface area contributed by atoms with E-state index >= 15 is 0 Å². The zero-order chi connectivity index (χ0) is 9.14. The van der Waals surface area contributed by atoms with Gasteiger partial charge in [-0.25, -0.2) is 0 Å². The highest BCUT2D eigenvalue weighted by atomic mass is 16.3. The van der Waals surface area contributed by atoms with E-state index < -0.39 is 6.10 Å². The summed E-state index contributed by atoms with van der Waals surface area (Å²) in [6.07, 6.45) is -0.635. The van der Waals surface area contributed by atoms with Crippen LogP contribution in [0.5, 0.6) is 5.75 Å². The van der Waals surface area contributed by atoms with Gasteiger partial charge in [0, 0.05) is 6.54 Å². The van der Waals surface area contributed by atoms with Crippen LogP contribution in [0, 0.1) is 6.92 Å². The van der Waals surface area contributed by atoms with Crippen molar-refractivity contribution in [2.24, 2.45) is 5.73 Å². The van der Waals surface area contributed by atoms with Gasteiger partial charge in [-0.15, -0.1) is 0 Å². The molecule has 0 saturated carbocycles. The van der Waals surface area contributed by atoms with Crippen LogP contribution in [0.2, 0.25) is 0 Å². The molecule has 0 saturated heterocycles. The van der Waals surface area contributed by atoms with Crippen LogP contribution in [0.1, 0.15) is 17.2 Å². The first kappa shape index (κ1) is 9.03. The van der Waals surface area contributed by atoms with Gasteiger partial charge in [0.2, 0.25) is 0 Å². The summed E-state index contributed by atoms with van der Waals surface area (Å²) in [5, 5.41) is 18.5. The summed E-state index contributed by atoms with van der Waals surface area (Å²) in [6, 6.07) is 4.95. The zero-order valence-corrected chi connectivity index (χ0v) is 6.99. The second-order valence-electron chi connectivity index (χ2n) is 2.80. The molecule has 3 heteroatoms. The van der Waals surface area contributed by atoms with E-state index in [9.17, 15) is 10.2 Å². The van der Waals surface area contributed by atoms with Crippen LogP contribution < -0.4 is 5.73 Å². The Hall–Kier alpha value is -1.06. The molecule has 12 heavy (non-hydrogen) atoms. The molecule has 3 nitrogen and oxygen atoms in total. The van der Waals surface area contributed by atoms with Gasteiger partial charge in [0.25, 0.3) is 0 Å². The highest BCUT2D eigenvalue weighted by molar-refractivity contribution is 5.35. The molecule has 0 aliphatic heterocycles. The normalized spacial score (nSPS) is 12.9. The fourth-order valence-corrected chi connectivity index (χ4v) is 1.02. The van der Waals surface area contributed by atoms with Gasteiger partial charge < -0.3 is 15.9 Å². The number of rotatable bonds is 2. The highest BCUT2D eigenvalue weighted by Crippen LogP contribution is 2.20. The van der Waals surface area contributed by atoms with Crippen LogP contribution in [0.3, 0.4) is 0 Å². The summed E-state index contributed by atoms with van der Waals surface area (Å²) in [6.45, 7) is 1.98. The fraction of sp³-hybridized carbons (Fsp3) is 0.333. The molecule has 0 radical (unpaired) electrons. The minimum absolute atomic E-state index is 0.199. The number of phenolic OH excluding ortho intramolecular Hbond substituents is 1. The van der Waals surface area contributed by atoms with Crippen LogP contribution in [-0.4, -0.2) is 16.8 Å². The lowest BCUT2D eigenvalue weighted by molar-refractivity contribution is 0.186. The van der Waals surface area contributed by atoms with Crippen LogP contribution >= 0.6 is 0 Å². The van der Waals surface area contributed by atoms with E-state index in [1.807, 2.05) is 0 Å². The number of aliphatic hydroxyl groups is 1. The van der Waals surface area contributed by atoms with Crippen LogP contribution in [0.15, 0.2) is 18.2 Å². The van der Waals surface area contributed by atoms with Crippen molar-refractivity contribution in [3.8, 4) is 5.75 Å². The van der Waals surface area contributed by atoms with Crippen molar-refractivity contribution in [1.29, 1.82) is 0 Å². The maximum atomic E-state index is 9.34. The lowest BCUT2D eigenvalue weighted by atomic mass is 10.1. The predicted octanol–water partition coefficient (Wildman–Crippen LogP) is 0.693. The van der Waals surface area contributed by atoms with Crippen LogP contribution in [0.25, 0.3) is 0 Å². The molecule has 0 fully saturated rings. The molecular weight excluding hydrogens is 154 g/mol. The second kappa shape index (κ2) is 3.56. The Balaban J connectivity index is 2.96. The first-order valence-electron chi connectivity index (χ1n) is 3.83. The topological polar surface area (TPSA) is 66.5 Å². The van der Waals surface area contributed by atoms with Crippen molar-refractivity contribution >= 4 is 0 Å². The van der Waals surface area contributed by atoms with E-state index in [0.29, 0.717) is 0 Å². The zero-order valence-electron chi connectivity index (χ0n) is 6.99. The molecule has 1 rings (SSSR count). The van der Waals surface area contributed by atoms with E-state index in [2.05, 4.69) is 0 Å². The summed E-state index contributed by atoms with van der Waals surface area (Å²) < 4.78 is 0. The van der Waals surface area contributed by atoms with Crippen LogP contribution in [0.4, 0.5) is 0 Å². The van der Waals surface area contributed by atoms with Crippen molar-refractivity contribution in [1.82, 2.24) is 0 Å². The van der Waals surface area contributed by atoms with Crippen molar-refractivity contribution in [3.63, 3.8) is 0 Å². The largest absolute Gasteiger partial charge is 0.508 e. The summed E-state index contributed by atoms with van der Waals surface area (Å²) in [4.78, 5) is 0. The summed E-state index contributed by atoms with van der Waals surface area (Å²) in [5.41, 5.74) is 6.77. The molecule has 1 aromatic rings. The number of aryl methyl sites for hydroxylation is 1. The summed E-state index contributed by atoms with van der Waals surface area (Å²) in [7, 11) is 0. The number of aliphatic hydroxyl groups excluding tert-OH is 1. The van der Waals surface area contributed by atoms with Crippen LogP contribution in [-0.2, 0) is 0 Å². The number of aromatic hydroxyl groups is 1. The van der Waals surface area contributed by atoms with Gasteiger partial charge in [-0.1, -0.05) is 6.07 Å². The quantitative estimate of drug-likeness (QED) is 0.607. The molecule has 1 atom stereocenters. The molecule has 0 bridgehead atoms. The number of hydrogen-bond acceptors (Lipinski definition) is 3. The van der Waals surface area contributed by atoms with Gasteiger partial charge in [0.1, 0.15) is 5.75 Å². The first-order valence-corrected chi connectivity index (χ1v) is 3.83.